The number of carbonyl (C=O) groups is 1. The molecule has 10 nitrogen and oxygen atoms in total. The van der Waals surface area contributed by atoms with Gasteiger partial charge in [0.25, 0.3) is 5.56 Å². The summed E-state index contributed by atoms with van der Waals surface area (Å²) in [6.45, 7) is 1.80. The molecule has 0 radical (unpaired) electrons. The molecular weight excluding hydrogens is 412 g/mol. The number of ether oxygens (including phenoxy) is 1. The van der Waals surface area contributed by atoms with Crippen LogP contribution in [-0.2, 0) is 21.4 Å². The lowest BCUT2D eigenvalue weighted by Crippen LogP contribution is -2.46. The number of nitrogens with one attached hydrogen (secondary N) is 3. The maximum atomic E-state index is 13.0. The van der Waals surface area contributed by atoms with Gasteiger partial charge >= 0.3 is 5.69 Å². The van der Waals surface area contributed by atoms with Crippen molar-refractivity contribution in [2.45, 2.75) is 31.2 Å². The van der Waals surface area contributed by atoms with Crippen molar-refractivity contribution in [3.05, 3.63) is 56.4 Å². The third-order valence-corrected chi connectivity index (χ3v) is 7.05. The highest BCUT2D eigenvalue weighted by Gasteiger charge is 2.35. The molecule has 3 N–H and O–H groups in total. The van der Waals surface area contributed by atoms with Gasteiger partial charge in [-0.05, 0) is 37.5 Å². The monoisotopic (exact) mass is 436 g/mol. The Morgan fingerprint density at radius 3 is 2.77 bits per heavy atom. The molecule has 1 saturated heterocycles. The van der Waals surface area contributed by atoms with Crippen molar-refractivity contribution in [3.63, 3.8) is 0 Å². The fraction of sp³-hybridized carbons (Fsp3) is 0.421. The number of benzene rings is 1. The van der Waals surface area contributed by atoms with Gasteiger partial charge < -0.3 is 15.0 Å². The summed E-state index contributed by atoms with van der Waals surface area (Å²) in [4.78, 5) is 39.8. The van der Waals surface area contributed by atoms with Crippen LogP contribution in [-0.4, -0.2) is 48.8 Å². The van der Waals surface area contributed by atoms with E-state index < -0.39 is 32.1 Å². The van der Waals surface area contributed by atoms with E-state index in [2.05, 4.69) is 10.3 Å². The van der Waals surface area contributed by atoms with Gasteiger partial charge in [0.05, 0.1) is 13.0 Å². The van der Waals surface area contributed by atoms with E-state index in [0.717, 1.165) is 9.87 Å². The van der Waals surface area contributed by atoms with Gasteiger partial charge in [0, 0.05) is 25.3 Å². The van der Waals surface area contributed by atoms with E-state index in [1.165, 1.54) is 6.92 Å². The van der Waals surface area contributed by atoms with Crippen LogP contribution in [0.3, 0.4) is 0 Å². The summed E-state index contributed by atoms with van der Waals surface area (Å²) in [5, 5.41) is 2.83. The first-order chi connectivity index (χ1) is 14.2. The summed E-state index contributed by atoms with van der Waals surface area (Å²) in [6, 6.07) is 7.28. The second-order valence-corrected chi connectivity index (χ2v) is 9.01. The molecular formula is C19H24N4O6S. The molecule has 1 aromatic heterocycles. The molecule has 2 aromatic rings. The molecule has 0 aliphatic carbocycles. The first-order valence-electron chi connectivity index (χ1n) is 9.46. The molecule has 0 saturated carbocycles. The number of sulfonamides is 1. The Balaban J connectivity index is 1.72. The third kappa shape index (κ3) is 4.62. The number of H-pyrrole nitrogens is 2. The van der Waals surface area contributed by atoms with Gasteiger partial charge in [-0.25, -0.2) is 13.2 Å². The lowest BCUT2D eigenvalue weighted by Gasteiger charge is -2.31. The van der Waals surface area contributed by atoms with Crippen LogP contribution in [0.4, 0.5) is 0 Å². The number of hydrogen-bond acceptors (Lipinski definition) is 6. The molecule has 1 amide bonds. The number of hydrogen-bond donors (Lipinski definition) is 3. The summed E-state index contributed by atoms with van der Waals surface area (Å²) in [5.41, 5.74) is -0.919. The van der Waals surface area contributed by atoms with Gasteiger partial charge in [0.1, 0.15) is 5.75 Å². The maximum Gasteiger partial charge on any atom is 0.325 e. The Morgan fingerprint density at radius 1 is 1.30 bits per heavy atom. The van der Waals surface area contributed by atoms with Crippen molar-refractivity contribution in [2.75, 3.05) is 20.2 Å². The number of rotatable bonds is 6. The van der Waals surface area contributed by atoms with Gasteiger partial charge in [-0.2, -0.15) is 4.31 Å². The third-order valence-electron chi connectivity index (χ3n) is 5.03. The topological polar surface area (TPSA) is 141 Å². The molecule has 0 spiro atoms. The van der Waals surface area contributed by atoms with Gasteiger partial charge in [-0.15, -0.1) is 0 Å². The molecule has 30 heavy (non-hydrogen) atoms. The Kier molecular flexibility index (Phi) is 6.42. The van der Waals surface area contributed by atoms with E-state index >= 15 is 0 Å². The molecule has 1 aliphatic heterocycles. The van der Waals surface area contributed by atoms with E-state index in [-0.39, 0.29) is 31.2 Å². The number of nitrogens with zero attached hydrogens (tertiary/aromatic N) is 1. The van der Waals surface area contributed by atoms with Crippen LogP contribution in [0.1, 0.15) is 24.1 Å². The number of aromatic nitrogens is 2. The van der Waals surface area contributed by atoms with E-state index in [9.17, 15) is 22.8 Å². The van der Waals surface area contributed by atoms with Crippen molar-refractivity contribution in [3.8, 4) is 5.75 Å². The number of methoxy groups -OCH3 is 1. The van der Waals surface area contributed by atoms with Crippen LogP contribution >= 0.6 is 0 Å². The Labute approximate surface area is 173 Å². The van der Waals surface area contributed by atoms with Crippen molar-refractivity contribution in [1.29, 1.82) is 0 Å². The number of piperidine rings is 1. The van der Waals surface area contributed by atoms with Gasteiger partial charge in [0.15, 0.2) is 4.90 Å². The van der Waals surface area contributed by atoms with Gasteiger partial charge in [-0.3, -0.25) is 14.6 Å². The average molecular weight is 436 g/mol. The molecule has 0 unspecified atom stereocenters. The zero-order chi connectivity index (χ0) is 21.9. The van der Waals surface area contributed by atoms with Crippen LogP contribution in [0.2, 0.25) is 0 Å². The fourth-order valence-corrected chi connectivity index (χ4v) is 5.25. The predicted octanol–water partition coefficient (Wildman–Crippen LogP) is 0.0973. The molecule has 2 heterocycles. The molecule has 3 rings (SSSR count). The second kappa shape index (κ2) is 8.84. The van der Waals surface area contributed by atoms with Gasteiger partial charge in [0.2, 0.25) is 15.9 Å². The van der Waals surface area contributed by atoms with Crippen molar-refractivity contribution in [2.24, 2.45) is 5.92 Å². The smallest absolute Gasteiger partial charge is 0.325 e. The van der Waals surface area contributed by atoms with Crippen molar-refractivity contribution in [1.82, 2.24) is 19.6 Å². The molecule has 1 aliphatic rings. The number of aromatic amines is 2. The lowest BCUT2D eigenvalue weighted by atomic mass is 9.99. The standard InChI is InChI=1S/C19H24N4O6S/c1-12-16(18(25)22-19(26)21-12)30(27,28)23-8-4-6-14(11-23)17(24)20-10-13-5-3-7-15(9-13)29-2/h3,5,7,9,14H,4,6,8,10-11H2,1-2H3,(H,20,24)(H2,21,22,25,26)/t14-/m0/s1. The zero-order valence-corrected chi connectivity index (χ0v) is 17.5. The van der Waals surface area contributed by atoms with Crippen LogP contribution in [0.5, 0.6) is 5.75 Å². The average Bonchev–Trinajstić information content (AvgIpc) is 2.71. The van der Waals surface area contributed by atoms with Crippen LogP contribution in [0.25, 0.3) is 0 Å². The minimum absolute atomic E-state index is 0.0339. The fourth-order valence-electron chi connectivity index (χ4n) is 3.52. The molecule has 0 bridgehead atoms. The molecule has 1 atom stereocenters. The summed E-state index contributed by atoms with van der Waals surface area (Å²) in [5.74, 6) is -0.121. The first kappa shape index (κ1) is 21.8. The van der Waals surface area contributed by atoms with E-state index in [0.29, 0.717) is 18.6 Å². The number of carbonyl (C=O) groups excluding carboxylic acids is 1. The normalized spacial score (nSPS) is 17.5. The van der Waals surface area contributed by atoms with Crippen molar-refractivity contribution >= 4 is 15.9 Å². The minimum atomic E-state index is -4.16. The minimum Gasteiger partial charge on any atom is -0.497 e. The Morgan fingerprint density at radius 2 is 2.07 bits per heavy atom. The molecule has 1 fully saturated rings. The highest BCUT2D eigenvalue weighted by atomic mass is 32.2. The molecule has 11 heteroatoms. The molecule has 162 valence electrons. The lowest BCUT2D eigenvalue weighted by molar-refractivity contribution is -0.126. The van der Waals surface area contributed by atoms with E-state index in [1.807, 2.05) is 23.2 Å². The number of amides is 1. The van der Waals surface area contributed by atoms with Crippen LogP contribution in [0, 0.1) is 12.8 Å². The summed E-state index contributed by atoms with van der Waals surface area (Å²) in [6.07, 6.45) is 1.02. The summed E-state index contributed by atoms with van der Waals surface area (Å²) >= 11 is 0. The van der Waals surface area contributed by atoms with Crippen LogP contribution < -0.4 is 21.3 Å². The first-order valence-corrected chi connectivity index (χ1v) is 10.9. The van der Waals surface area contributed by atoms with E-state index in [4.69, 9.17) is 4.74 Å². The highest BCUT2D eigenvalue weighted by molar-refractivity contribution is 7.89. The van der Waals surface area contributed by atoms with Crippen molar-refractivity contribution < 1.29 is 17.9 Å². The maximum absolute atomic E-state index is 13.0. The van der Waals surface area contributed by atoms with Gasteiger partial charge in [-0.1, -0.05) is 12.1 Å². The summed E-state index contributed by atoms with van der Waals surface area (Å²) in [7, 11) is -2.60. The largest absolute Gasteiger partial charge is 0.497 e. The second-order valence-electron chi connectivity index (χ2n) is 7.13. The predicted molar refractivity (Wildman–Crippen MR) is 109 cm³/mol. The number of aryl methyl sites for hydroxylation is 1. The summed E-state index contributed by atoms with van der Waals surface area (Å²) < 4.78 is 32.3. The SMILES string of the molecule is COc1cccc(CNC(=O)[C@H]2CCCN(S(=O)(=O)c3c(C)[nH]c(=O)[nH]c3=O)C2)c1. The quantitative estimate of drug-likeness (QED) is 0.586. The Bertz CT molecular complexity index is 1150. The molecule has 1 aromatic carbocycles. The zero-order valence-electron chi connectivity index (χ0n) is 16.7. The highest BCUT2D eigenvalue weighted by Crippen LogP contribution is 2.23. The Hall–Kier alpha value is -2.92. The van der Waals surface area contributed by atoms with Crippen LogP contribution in [0.15, 0.2) is 38.8 Å². The van der Waals surface area contributed by atoms with E-state index in [1.54, 1.807) is 13.2 Å².